The third-order valence-corrected chi connectivity index (χ3v) is 5.99. The summed E-state index contributed by atoms with van der Waals surface area (Å²) in [6.07, 6.45) is 3.11. The lowest BCUT2D eigenvalue weighted by atomic mass is 10.0. The van der Waals surface area contributed by atoms with Crippen LogP contribution in [-0.4, -0.2) is 16.0 Å². The van der Waals surface area contributed by atoms with Gasteiger partial charge in [-0.25, -0.2) is 0 Å². The first kappa shape index (κ1) is 14.1. The van der Waals surface area contributed by atoms with Gasteiger partial charge in [-0.1, -0.05) is 24.3 Å². The van der Waals surface area contributed by atoms with E-state index >= 15 is 0 Å². The van der Waals surface area contributed by atoms with Gasteiger partial charge in [-0.3, -0.25) is 5.10 Å². The zero-order valence-corrected chi connectivity index (χ0v) is 13.7. The maximum atomic E-state index is 4.22. The third kappa shape index (κ3) is 2.72. The van der Waals surface area contributed by atoms with Crippen LogP contribution < -0.4 is 5.32 Å². The van der Waals surface area contributed by atoms with Crippen molar-refractivity contribution in [2.24, 2.45) is 0 Å². The second-order valence-electron chi connectivity index (χ2n) is 5.36. The molecule has 2 N–H and O–H groups in total. The fourth-order valence-electron chi connectivity index (χ4n) is 2.87. The molecule has 0 amide bonds. The summed E-state index contributed by atoms with van der Waals surface area (Å²) in [7, 11) is 0. The number of aromatic nitrogens is 2. The van der Waals surface area contributed by atoms with Crippen molar-refractivity contribution >= 4 is 23.1 Å². The highest BCUT2D eigenvalue weighted by atomic mass is 32.2. The van der Waals surface area contributed by atoms with Gasteiger partial charge in [-0.15, -0.1) is 23.1 Å². The van der Waals surface area contributed by atoms with Gasteiger partial charge in [0.2, 0.25) is 0 Å². The second kappa shape index (κ2) is 6.28. The van der Waals surface area contributed by atoms with E-state index in [9.17, 15) is 0 Å². The molecule has 0 fully saturated rings. The molecule has 2 aromatic heterocycles. The first-order valence-electron chi connectivity index (χ1n) is 7.43. The SMILES string of the molecule is c1csc(-c2[nH]ncc2CN[C@@H]2CCSc3ccccc32)c1. The fraction of sp³-hybridized carbons (Fsp3) is 0.235. The highest BCUT2D eigenvalue weighted by molar-refractivity contribution is 7.99. The Hall–Kier alpha value is -1.56. The van der Waals surface area contributed by atoms with E-state index in [1.165, 1.54) is 33.1 Å². The lowest BCUT2D eigenvalue weighted by Crippen LogP contribution is -2.24. The molecular weight excluding hydrogens is 310 g/mol. The van der Waals surface area contributed by atoms with Gasteiger partial charge in [0, 0.05) is 23.0 Å². The number of hydrogen-bond donors (Lipinski definition) is 2. The van der Waals surface area contributed by atoms with Gasteiger partial charge in [0.05, 0.1) is 16.8 Å². The molecule has 3 nitrogen and oxygen atoms in total. The average Bonchev–Trinajstić information content (AvgIpc) is 3.23. The molecule has 3 heterocycles. The molecule has 4 rings (SSSR count). The number of hydrogen-bond acceptors (Lipinski definition) is 4. The van der Waals surface area contributed by atoms with Gasteiger partial charge in [0.15, 0.2) is 0 Å². The van der Waals surface area contributed by atoms with E-state index in [1.54, 1.807) is 11.3 Å². The van der Waals surface area contributed by atoms with Crippen LogP contribution >= 0.6 is 23.1 Å². The first-order chi connectivity index (χ1) is 10.9. The molecule has 0 radical (unpaired) electrons. The first-order valence-corrected chi connectivity index (χ1v) is 9.29. The summed E-state index contributed by atoms with van der Waals surface area (Å²) in [6, 6.07) is 13.4. The molecule has 0 saturated carbocycles. The molecule has 0 unspecified atom stereocenters. The molecule has 0 aliphatic carbocycles. The summed E-state index contributed by atoms with van der Waals surface area (Å²) in [5.74, 6) is 1.18. The predicted molar refractivity (Wildman–Crippen MR) is 93.3 cm³/mol. The lowest BCUT2D eigenvalue weighted by Gasteiger charge is -2.26. The molecule has 0 spiro atoms. The van der Waals surface area contributed by atoms with E-state index in [2.05, 4.69) is 57.3 Å². The van der Waals surface area contributed by atoms with Crippen LogP contribution in [0.3, 0.4) is 0 Å². The average molecular weight is 327 g/mol. The van der Waals surface area contributed by atoms with Crippen molar-refractivity contribution in [1.82, 2.24) is 15.5 Å². The summed E-state index contributed by atoms with van der Waals surface area (Å²) in [6.45, 7) is 0.841. The number of fused-ring (bicyclic) bond motifs is 1. The molecule has 5 heteroatoms. The number of rotatable bonds is 4. The van der Waals surface area contributed by atoms with Crippen molar-refractivity contribution < 1.29 is 0 Å². The molecule has 112 valence electrons. The largest absolute Gasteiger partial charge is 0.306 e. The van der Waals surface area contributed by atoms with E-state index in [0.717, 1.165) is 12.2 Å². The van der Waals surface area contributed by atoms with Crippen LogP contribution in [0.25, 0.3) is 10.6 Å². The topological polar surface area (TPSA) is 40.7 Å². The standard InChI is InChI=1S/C17H17N3S2/c1-2-5-15-13(4-1)14(7-9-22-15)18-10-12-11-19-20-17(12)16-6-3-8-21-16/h1-6,8,11,14,18H,7,9-10H2,(H,19,20)/t14-/m1/s1. The summed E-state index contributed by atoms with van der Waals surface area (Å²) >= 11 is 3.70. The van der Waals surface area contributed by atoms with Crippen LogP contribution in [0, 0.1) is 0 Å². The van der Waals surface area contributed by atoms with Gasteiger partial charge < -0.3 is 5.32 Å². The van der Waals surface area contributed by atoms with Gasteiger partial charge >= 0.3 is 0 Å². The quantitative estimate of drug-likeness (QED) is 0.743. The molecular formula is C17H17N3S2. The summed E-state index contributed by atoms with van der Waals surface area (Å²) < 4.78 is 0. The molecule has 0 saturated heterocycles. The Morgan fingerprint density at radius 3 is 3.09 bits per heavy atom. The predicted octanol–water partition coefficient (Wildman–Crippen LogP) is 4.46. The van der Waals surface area contributed by atoms with E-state index in [0.29, 0.717) is 6.04 Å². The Kier molecular flexibility index (Phi) is 4.01. The summed E-state index contributed by atoms with van der Waals surface area (Å²) in [5.41, 5.74) is 3.80. The summed E-state index contributed by atoms with van der Waals surface area (Å²) in [5, 5.41) is 13.2. The van der Waals surface area contributed by atoms with E-state index in [4.69, 9.17) is 0 Å². The molecule has 3 aromatic rings. The monoisotopic (exact) mass is 327 g/mol. The number of thiophene rings is 1. The Morgan fingerprint density at radius 1 is 1.23 bits per heavy atom. The third-order valence-electron chi connectivity index (χ3n) is 3.98. The van der Waals surface area contributed by atoms with Crippen LogP contribution in [0.2, 0.25) is 0 Å². The van der Waals surface area contributed by atoms with Gasteiger partial charge in [0.25, 0.3) is 0 Å². The van der Waals surface area contributed by atoms with Crippen LogP contribution in [0.5, 0.6) is 0 Å². The minimum atomic E-state index is 0.434. The zero-order valence-electron chi connectivity index (χ0n) is 12.1. The molecule has 1 aliphatic rings. The Bertz CT molecular complexity index is 749. The van der Waals surface area contributed by atoms with Gasteiger partial charge in [-0.2, -0.15) is 5.10 Å². The number of H-pyrrole nitrogens is 1. The number of aromatic amines is 1. The van der Waals surface area contributed by atoms with Crippen molar-refractivity contribution in [3.8, 4) is 10.6 Å². The van der Waals surface area contributed by atoms with Crippen molar-refractivity contribution in [1.29, 1.82) is 0 Å². The zero-order chi connectivity index (χ0) is 14.8. The maximum Gasteiger partial charge on any atom is 0.0794 e. The lowest BCUT2D eigenvalue weighted by molar-refractivity contribution is 0.510. The number of thioether (sulfide) groups is 1. The van der Waals surface area contributed by atoms with Gasteiger partial charge in [0.1, 0.15) is 0 Å². The van der Waals surface area contributed by atoms with Crippen molar-refractivity contribution in [2.75, 3.05) is 5.75 Å². The minimum absolute atomic E-state index is 0.434. The highest BCUT2D eigenvalue weighted by Gasteiger charge is 2.20. The maximum absolute atomic E-state index is 4.22. The Labute approximate surface area is 138 Å². The molecule has 22 heavy (non-hydrogen) atoms. The Morgan fingerprint density at radius 2 is 2.18 bits per heavy atom. The van der Waals surface area contributed by atoms with Crippen molar-refractivity contribution in [3.05, 3.63) is 59.1 Å². The Balaban J connectivity index is 1.52. The molecule has 1 aliphatic heterocycles. The highest BCUT2D eigenvalue weighted by Crippen LogP contribution is 2.36. The number of benzene rings is 1. The van der Waals surface area contributed by atoms with E-state index in [-0.39, 0.29) is 0 Å². The van der Waals surface area contributed by atoms with Crippen LogP contribution in [0.4, 0.5) is 0 Å². The summed E-state index contributed by atoms with van der Waals surface area (Å²) in [4.78, 5) is 2.66. The van der Waals surface area contributed by atoms with Crippen LogP contribution in [-0.2, 0) is 6.54 Å². The molecule has 1 atom stereocenters. The minimum Gasteiger partial charge on any atom is -0.306 e. The fourth-order valence-corrected chi connectivity index (χ4v) is 4.75. The van der Waals surface area contributed by atoms with Gasteiger partial charge in [-0.05, 0) is 35.2 Å². The second-order valence-corrected chi connectivity index (χ2v) is 7.44. The molecule has 0 bridgehead atoms. The van der Waals surface area contributed by atoms with Crippen molar-refractivity contribution in [3.63, 3.8) is 0 Å². The van der Waals surface area contributed by atoms with Crippen molar-refractivity contribution in [2.45, 2.75) is 23.9 Å². The smallest absolute Gasteiger partial charge is 0.0794 e. The molecule has 1 aromatic carbocycles. The van der Waals surface area contributed by atoms with E-state index < -0.39 is 0 Å². The number of nitrogens with one attached hydrogen (secondary N) is 2. The van der Waals surface area contributed by atoms with Crippen LogP contribution in [0.15, 0.2) is 52.9 Å². The van der Waals surface area contributed by atoms with Crippen LogP contribution in [0.1, 0.15) is 23.6 Å². The van der Waals surface area contributed by atoms with E-state index in [1.807, 2.05) is 18.0 Å². The number of nitrogens with zero attached hydrogens (tertiary/aromatic N) is 1. The normalized spacial score (nSPS) is 17.4.